The Balaban J connectivity index is 0.000000293. The second-order valence-corrected chi connectivity index (χ2v) is 8.62. The Labute approximate surface area is 226 Å². The normalized spacial score (nSPS) is 13.2. The molecule has 1 aliphatic rings. The van der Waals surface area contributed by atoms with Crippen LogP contribution in [0.2, 0.25) is 0 Å². The van der Waals surface area contributed by atoms with Gasteiger partial charge < -0.3 is 32.4 Å². The smallest absolute Gasteiger partial charge is 0.418 e. The zero-order chi connectivity index (χ0) is 28.9. The van der Waals surface area contributed by atoms with E-state index in [0.29, 0.717) is 27.8 Å². The summed E-state index contributed by atoms with van der Waals surface area (Å²) >= 11 is 5.73. The molecule has 0 bridgehead atoms. The van der Waals surface area contributed by atoms with Crippen molar-refractivity contribution in [3.8, 4) is 11.5 Å². The van der Waals surface area contributed by atoms with Crippen molar-refractivity contribution in [2.24, 2.45) is 5.73 Å². The molecule has 0 fully saturated rings. The number of amides is 2. The number of phenols is 1. The van der Waals surface area contributed by atoms with Gasteiger partial charge in [-0.25, -0.2) is 0 Å². The van der Waals surface area contributed by atoms with Crippen LogP contribution in [0.5, 0.6) is 11.5 Å². The molecule has 0 atom stereocenters. The molecule has 3 aromatic carbocycles. The number of halogens is 4. The number of nitrogens with two attached hydrogens (primary N) is 3. The van der Waals surface area contributed by atoms with Gasteiger partial charge in [-0.2, -0.15) is 13.2 Å². The minimum absolute atomic E-state index is 0.0237. The number of anilines is 2. The van der Waals surface area contributed by atoms with Gasteiger partial charge in [-0.15, -0.1) is 0 Å². The Hall–Kier alpha value is -4.64. The van der Waals surface area contributed by atoms with Crippen LogP contribution in [0.15, 0.2) is 83.1 Å². The molecule has 12 heteroatoms. The summed E-state index contributed by atoms with van der Waals surface area (Å²) in [6.07, 6.45) is -1.28. The molecule has 0 unspecified atom stereocenters. The quantitative estimate of drug-likeness (QED) is 0.220. The van der Waals surface area contributed by atoms with Gasteiger partial charge in [0.2, 0.25) is 5.91 Å². The third-order valence-corrected chi connectivity index (χ3v) is 5.84. The lowest BCUT2D eigenvalue weighted by Crippen LogP contribution is -2.28. The number of aromatic hydroxyl groups is 1. The van der Waals surface area contributed by atoms with Crippen molar-refractivity contribution in [1.82, 2.24) is 5.32 Å². The third kappa shape index (κ3) is 6.82. The first-order valence-corrected chi connectivity index (χ1v) is 11.6. The molecule has 0 aliphatic heterocycles. The highest BCUT2D eigenvalue weighted by Gasteiger charge is 2.37. The number of phenolic OH excluding ortho intramolecular Hbond substituents is 1. The lowest BCUT2D eigenvalue weighted by Gasteiger charge is -2.17. The van der Waals surface area contributed by atoms with E-state index in [0.717, 1.165) is 6.08 Å². The second kappa shape index (κ2) is 11.8. The second-order valence-electron chi connectivity index (χ2n) is 8.18. The van der Waals surface area contributed by atoms with E-state index in [1.807, 2.05) is 0 Å². The van der Waals surface area contributed by atoms with E-state index in [-0.39, 0.29) is 22.7 Å². The van der Waals surface area contributed by atoms with Gasteiger partial charge in [-0.3, -0.25) is 9.59 Å². The average molecular weight is 561 g/mol. The summed E-state index contributed by atoms with van der Waals surface area (Å²) in [5.74, 6) is -1.36. The number of ether oxygens (including phenoxy) is 1. The van der Waals surface area contributed by atoms with Gasteiger partial charge in [0.1, 0.15) is 5.75 Å². The number of benzene rings is 3. The Bertz CT molecular complexity index is 1530. The Morgan fingerprint density at radius 3 is 2.38 bits per heavy atom. The molecular weight excluding hydrogens is 537 g/mol. The van der Waals surface area contributed by atoms with Gasteiger partial charge in [0.05, 0.1) is 29.6 Å². The first kappa shape index (κ1) is 28.9. The summed E-state index contributed by atoms with van der Waals surface area (Å²) in [5, 5.41) is 13.5. The van der Waals surface area contributed by atoms with E-state index < -0.39 is 35.0 Å². The van der Waals surface area contributed by atoms with Crippen LogP contribution in [0.4, 0.5) is 24.5 Å². The number of carbonyl (C=O) groups is 2. The maximum atomic E-state index is 13.3. The van der Waals surface area contributed by atoms with Crippen molar-refractivity contribution in [1.29, 1.82) is 0 Å². The summed E-state index contributed by atoms with van der Waals surface area (Å²) in [7, 11) is 1.51. The number of rotatable bonds is 4. The summed E-state index contributed by atoms with van der Waals surface area (Å²) in [6, 6.07) is 12.8. The van der Waals surface area contributed by atoms with Crippen molar-refractivity contribution >= 4 is 45.6 Å². The maximum Gasteiger partial charge on any atom is 0.418 e. The highest BCUT2D eigenvalue weighted by Crippen LogP contribution is 2.36. The number of nitrogen functional groups attached to an aromatic ring is 2. The van der Waals surface area contributed by atoms with Crippen LogP contribution in [0.25, 0.3) is 10.8 Å². The van der Waals surface area contributed by atoms with E-state index in [4.69, 9.17) is 33.5 Å². The number of hydrogen-bond acceptors (Lipinski definition) is 6. The number of alkyl halides is 3. The van der Waals surface area contributed by atoms with Crippen LogP contribution < -0.4 is 27.3 Å². The molecule has 2 amide bonds. The molecule has 1 aliphatic carbocycles. The molecule has 0 radical (unpaired) electrons. The average Bonchev–Trinajstić information content (AvgIpc) is 3.07. The van der Waals surface area contributed by atoms with E-state index in [1.165, 1.54) is 31.4 Å². The first-order valence-electron chi connectivity index (χ1n) is 11.2. The maximum absolute atomic E-state index is 13.3. The molecule has 39 heavy (non-hydrogen) atoms. The van der Waals surface area contributed by atoms with E-state index in [2.05, 4.69) is 5.32 Å². The van der Waals surface area contributed by atoms with Crippen LogP contribution >= 0.6 is 11.6 Å². The summed E-state index contributed by atoms with van der Waals surface area (Å²) in [5.41, 5.74) is 15.5. The van der Waals surface area contributed by atoms with E-state index in [9.17, 15) is 27.9 Å². The molecular formula is C27H24ClF3N4O4. The van der Waals surface area contributed by atoms with Crippen LogP contribution in [0, 0.1) is 0 Å². The van der Waals surface area contributed by atoms with E-state index in [1.54, 1.807) is 36.4 Å². The molecule has 8 N–H and O–H groups in total. The van der Waals surface area contributed by atoms with Gasteiger partial charge >= 0.3 is 6.18 Å². The zero-order valence-corrected chi connectivity index (χ0v) is 21.2. The van der Waals surface area contributed by atoms with Crippen LogP contribution in [0.3, 0.4) is 0 Å². The molecule has 8 nitrogen and oxygen atoms in total. The number of carbonyl (C=O) groups excluding carboxylic acids is 2. The molecule has 0 saturated heterocycles. The molecule has 0 spiro atoms. The minimum Gasteiger partial charge on any atom is -0.505 e. The predicted molar refractivity (Wildman–Crippen MR) is 144 cm³/mol. The van der Waals surface area contributed by atoms with Crippen LogP contribution in [-0.2, 0) is 0 Å². The third-order valence-electron chi connectivity index (χ3n) is 5.58. The van der Waals surface area contributed by atoms with Gasteiger partial charge in [0.25, 0.3) is 5.91 Å². The number of methoxy groups -OCH3 is 1. The fraction of sp³-hybridized carbons (Fsp3) is 0.111. The van der Waals surface area contributed by atoms with Crippen LogP contribution in [0.1, 0.15) is 27.1 Å². The van der Waals surface area contributed by atoms with Gasteiger partial charge in [0.15, 0.2) is 5.75 Å². The monoisotopic (exact) mass is 560 g/mol. The Morgan fingerprint density at radius 1 is 1.08 bits per heavy atom. The Kier molecular flexibility index (Phi) is 8.77. The summed E-state index contributed by atoms with van der Waals surface area (Å²) in [6.45, 7) is 0. The van der Waals surface area contributed by atoms with Crippen molar-refractivity contribution in [2.45, 2.75) is 12.6 Å². The van der Waals surface area contributed by atoms with Crippen LogP contribution in [-0.4, -0.2) is 30.2 Å². The minimum atomic E-state index is -4.72. The lowest BCUT2D eigenvalue weighted by atomic mass is 10.0. The van der Waals surface area contributed by atoms with Gasteiger partial charge in [-0.05, 0) is 42.1 Å². The largest absolute Gasteiger partial charge is 0.505 e. The Morgan fingerprint density at radius 2 is 1.77 bits per heavy atom. The molecule has 3 aromatic rings. The molecule has 0 saturated carbocycles. The standard InChI is InChI=1S/C19H14ClF3N2O2.C8H10N2O2/c20-11-5-3-7-15(14(9-11)19(21,22)23)25-18(27)13-8-10-4-1-2-6-12(10)16(24)17(13)26;1-12-7-3-2-5(8(10)11)4-6(7)9/h1-2,4-9,26H,3,24H2,(H,25,27);2-4H,9H2,1H3,(H2,10,11). The van der Waals surface area contributed by atoms with E-state index >= 15 is 0 Å². The predicted octanol–water partition coefficient (Wildman–Crippen LogP) is 5.13. The fourth-order valence-corrected chi connectivity index (χ4v) is 3.84. The zero-order valence-electron chi connectivity index (χ0n) is 20.5. The molecule has 0 aromatic heterocycles. The number of hydrogen-bond donors (Lipinski definition) is 5. The first-order chi connectivity index (χ1) is 18.3. The number of allylic oxidation sites excluding steroid dienone is 5. The molecule has 4 rings (SSSR count). The van der Waals surface area contributed by atoms with Crippen molar-refractivity contribution < 1.29 is 32.6 Å². The van der Waals surface area contributed by atoms with Gasteiger partial charge in [-0.1, -0.05) is 48.0 Å². The van der Waals surface area contributed by atoms with Gasteiger partial charge in [0, 0.05) is 21.7 Å². The number of nitrogens with one attached hydrogen (secondary N) is 1. The topological polar surface area (TPSA) is 154 Å². The van der Waals surface area contributed by atoms with Crippen molar-refractivity contribution in [2.75, 3.05) is 18.6 Å². The number of primary amides is 1. The molecule has 0 heterocycles. The molecule has 204 valence electrons. The van der Waals surface area contributed by atoms with Crippen molar-refractivity contribution in [3.05, 3.63) is 94.2 Å². The van der Waals surface area contributed by atoms with Crippen molar-refractivity contribution in [3.63, 3.8) is 0 Å². The fourth-order valence-electron chi connectivity index (χ4n) is 3.64. The lowest BCUT2D eigenvalue weighted by molar-refractivity contribution is -0.0897. The SMILES string of the molecule is COc1ccc(C(N)=O)cc1N.Nc1c(O)c(C(=O)NC2=CCC=C(Cl)C=C2C(F)(F)F)cc2ccccc12. The summed E-state index contributed by atoms with van der Waals surface area (Å²) in [4.78, 5) is 23.3. The highest BCUT2D eigenvalue weighted by atomic mass is 35.5. The summed E-state index contributed by atoms with van der Waals surface area (Å²) < 4.78 is 44.9. The highest BCUT2D eigenvalue weighted by molar-refractivity contribution is 6.31. The number of fused-ring (bicyclic) bond motifs is 1.